The van der Waals surface area contributed by atoms with Gasteiger partial charge in [0.2, 0.25) is 0 Å². The van der Waals surface area contributed by atoms with Crippen molar-refractivity contribution in [1.29, 1.82) is 0 Å². The van der Waals surface area contributed by atoms with Gasteiger partial charge in [-0.25, -0.2) is 0 Å². The van der Waals surface area contributed by atoms with Crippen LogP contribution in [0, 0.1) is 12.8 Å². The van der Waals surface area contributed by atoms with Gasteiger partial charge in [0.05, 0.1) is 0 Å². The summed E-state index contributed by atoms with van der Waals surface area (Å²) >= 11 is 0. The highest BCUT2D eigenvalue weighted by molar-refractivity contribution is 6.22. The van der Waals surface area contributed by atoms with Gasteiger partial charge < -0.3 is 4.98 Å². The van der Waals surface area contributed by atoms with E-state index in [1.165, 1.54) is 10.9 Å². The zero-order chi connectivity index (χ0) is 21.8. The van der Waals surface area contributed by atoms with E-state index in [1.54, 1.807) is 0 Å². The van der Waals surface area contributed by atoms with Crippen molar-refractivity contribution in [2.75, 3.05) is 6.54 Å². The van der Waals surface area contributed by atoms with Crippen molar-refractivity contribution in [2.45, 2.75) is 51.9 Å². The van der Waals surface area contributed by atoms with E-state index in [0.29, 0.717) is 25.8 Å². The molecule has 1 fully saturated rings. The monoisotopic (exact) mass is 414 g/mol. The van der Waals surface area contributed by atoms with Crippen LogP contribution in [0.5, 0.6) is 0 Å². The van der Waals surface area contributed by atoms with Crippen LogP contribution in [0.4, 0.5) is 0 Å². The zero-order valence-electron chi connectivity index (χ0n) is 18.4. The second-order valence-electron chi connectivity index (χ2n) is 8.53. The molecule has 0 atom stereocenters. The number of nitrogens with one attached hydrogen (secondary N) is 1. The van der Waals surface area contributed by atoms with Crippen molar-refractivity contribution in [2.24, 2.45) is 10.9 Å². The first-order valence-electron chi connectivity index (χ1n) is 11.3. The molecule has 1 heterocycles. The van der Waals surface area contributed by atoms with Gasteiger partial charge in [0, 0.05) is 41.7 Å². The number of nitrogens with zero attached hydrogens (tertiary/aromatic N) is 1. The van der Waals surface area contributed by atoms with Crippen LogP contribution in [0.2, 0.25) is 0 Å². The summed E-state index contributed by atoms with van der Waals surface area (Å²) in [4.78, 5) is 34.3. The minimum Gasteiger partial charge on any atom is -0.358 e. The van der Waals surface area contributed by atoms with Gasteiger partial charge in [0.25, 0.3) is 0 Å². The number of hydrogen-bond donors (Lipinski definition) is 1. The molecule has 160 valence electrons. The molecule has 0 spiro atoms. The fraction of sp³-hybridized carbons (Fsp3) is 0.370. The third-order valence-electron chi connectivity index (χ3n) is 6.35. The minimum atomic E-state index is -0.649. The maximum atomic E-state index is 13.0. The standard InChI is InChI=1S/C27H30N2O2/c1-3-9-24(28-15-14-21-18(2)29-23-13-8-7-12-22(21)23)27-25(30)16-20(17-26(27)31)19-10-5-4-6-11-19/h4-8,10-13,20,27,29H,3,9,14-17H2,1-2H3. The number of benzene rings is 2. The van der Waals surface area contributed by atoms with Crippen LogP contribution in [0.1, 0.15) is 55.3 Å². The molecule has 0 bridgehead atoms. The number of H-pyrrole nitrogens is 1. The lowest BCUT2D eigenvalue weighted by molar-refractivity contribution is -0.133. The molecule has 2 aromatic carbocycles. The number of fused-ring (bicyclic) bond motifs is 1. The predicted octanol–water partition coefficient (Wildman–Crippen LogP) is 5.59. The summed E-state index contributed by atoms with van der Waals surface area (Å²) in [6.07, 6.45) is 3.22. The Morgan fingerprint density at radius 3 is 2.39 bits per heavy atom. The molecule has 4 heteroatoms. The molecule has 0 unspecified atom stereocenters. The molecule has 31 heavy (non-hydrogen) atoms. The number of hydrogen-bond acceptors (Lipinski definition) is 3. The molecule has 1 aliphatic rings. The number of ketones is 2. The van der Waals surface area contributed by atoms with Crippen molar-refractivity contribution in [1.82, 2.24) is 4.98 Å². The smallest absolute Gasteiger partial charge is 0.149 e. The molecule has 1 saturated carbocycles. The first kappa shape index (κ1) is 21.2. The molecule has 1 aromatic heterocycles. The normalized spacial score (nSPS) is 19.9. The van der Waals surface area contributed by atoms with Gasteiger partial charge in [-0.3, -0.25) is 14.6 Å². The summed E-state index contributed by atoms with van der Waals surface area (Å²) in [5.41, 5.74) is 5.41. The summed E-state index contributed by atoms with van der Waals surface area (Å²) in [6.45, 7) is 4.75. The van der Waals surface area contributed by atoms with Crippen molar-refractivity contribution in [3.63, 3.8) is 0 Å². The molecule has 0 saturated heterocycles. The lowest BCUT2D eigenvalue weighted by atomic mass is 9.74. The fourth-order valence-corrected chi connectivity index (χ4v) is 4.84. The van der Waals surface area contributed by atoms with E-state index < -0.39 is 5.92 Å². The van der Waals surface area contributed by atoms with Crippen LogP contribution in [0.15, 0.2) is 59.6 Å². The molecule has 0 amide bonds. The number of aryl methyl sites for hydroxylation is 1. The van der Waals surface area contributed by atoms with Gasteiger partial charge in [-0.1, -0.05) is 61.9 Å². The maximum Gasteiger partial charge on any atom is 0.149 e. The summed E-state index contributed by atoms with van der Waals surface area (Å²) in [5.74, 6) is -0.598. The SMILES string of the molecule is CCCC(=NCCc1c(C)[nH]c2ccccc12)C1C(=O)CC(c2ccccc2)CC1=O. The number of carbonyl (C=O) groups excluding carboxylic acids is 2. The summed E-state index contributed by atoms with van der Waals surface area (Å²) in [6, 6.07) is 18.2. The van der Waals surface area contributed by atoms with E-state index >= 15 is 0 Å². The van der Waals surface area contributed by atoms with Crippen LogP contribution in [-0.4, -0.2) is 28.8 Å². The van der Waals surface area contributed by atoms with Crippen LogP contribution in [-0.2, 0) is 16.0 Å². The Kier molecular flexibility index (Phi) is 6.45. The van der Waals surface area contributed by atoms with Crippen molar-refractivity contribution in [3.05, 3.63) is 71.4 Å². The third kappa shape index (κ3) is 4.53. The Labute approximate surface area is 183 Å². The number of aliphatic imine (C=N–C) groups is 1. The van der Waals surface area contributed by atoms with E-state index in [9.17, 15) is 9.59 Å². The van der Waals surface area contributed by atoms with Crippen LogP contribution in [0.3, 0.4) is 0 Å². The predicted molar refractivity (Wildman–Crippen MR) is 126 cm³/mol. The molecule has 4 nitrogen and oxygen atoms in total. The molecule has 4 rings (SSSR count). The van der Waals surface area contributed by atoms with Gasteiger partial charge in [-0.15, -0.1) is 0 Å². The molecule has 1 aliphatic carbocycles. The second kappa shape index (κ2) is 9.42. The van der Waals surface area contributed by atoms with E-state index in [1.807, 2.05) is 42.5 Å². The quantitative estimate of drug-likeness (QED) is 0.404. The average Bonchev–Trinajstić information content (AvgIpc) is 3.09. The first-order chi connectivity index (χ1) is 15.1. The summed E-state index contributed by atoms with van der Waals surface area (Å²) in [7, 11) is 0. The van der Waals surface area contributed by atoms with Crippen molar-refractivity contribution < 1.29 is 9.59 Å². The number of aromatic amines is 1. The summed E-state index contributed by atoms with van der Waals surface area (Å²) in [5, 5.41) is 1.22. The van der Waals surface area contributed by atoms with Crippen LogP contribution >= 0.6 is 0 Å². The molecular weight excluding hydrogens is 384 g/mol. The highest BCUT2D eigenvalue weighted by atomic mass is 16.2. The molecule has 0 radical (unpaired) electrons. The molecule has 0 aliphatic heterocycles. The fourth-order valence-electron chi connectivity index (χ4n) is 4.84. The number of rotatable bonds is 7. The van der Waals surface area contributed by atoms with Gasteiger partial charge >= 0.3 is 0 Å². The Bertz CT molecular complexity index is 1090. The van der Waals surface area contributed by atoms with E-state index in [0.717, 1.165) is 35.3 Å². The van der Waals surface area contributed by atoms with Crippen LogP contribution < -0.4 is 0 Å². The van der Waals surface area contributed by atoms with Crippen molar-refractivity contribution >= 4 is 28.2 Å². The maximum absolute atomic E-state index is 13.0. The van der Waals surface area contributed by atoms with Gasteiger partial charge in [0.1, 0.15) is 17.5 Å². The number of aromatic nitrogens is 1. The topological polar surface area (TPSA) is 62.3 Å². The van der Waals surface area contributed by atoms with E-state index in [4.69, 9.17) is 4.99 Å². The van der Waals surface area contributed by atoms with Gasteiger partial charge in [-0.05, 0) is 42.9 Å². The lowest BCUT2D eigenvalue weighted by Gasteiger charge is -2.27. The Morgan fingerprint density at radius 1 is 1.00 bits per heavy atom. The Hall–Kier alpha value is -3.01. The largest absolute Gasteiger partial charge is 0.358 e. The van der Waals surface area contributed by atoms with E-state index in [-0.39, 0.29) is 17.5 Å². The Morgan fingerprint density at radius 2 is 1.68 bits per heavy atom. The second-order valence-corrected chi connectivity index (χ2v) is 8.53. The molecule has 3 aromatic rings. The van der Waals surface area contributed by atoms with Gasteiger partial charge in [-0.2, -0.15) is 0 Å². The number of Topliss-reactive ketones (excluding diaryl/α,β-unsaturated/α-hetero) is 2. The lowest BCUT2D eigenvalue weighted by Crippen LogP contribution is -2.38. The van der Waals surface area contributed by atoms with Crippen LogP contribution in [0.25, 0.3) is 10.9 Å². The summed E-state index contributed by atoms with van der Waals surface area (Å²) < 4.78 is 0. The highest BCUT2D eigenvalue weighted by Gasteiger charge is 2.38. The zero-order valence-corrected chi connectivity index (χ0v) is 18.4. The number of para-hydroxylation sites is 1. The Balaban J connectivity index is 1.50. The molecule has 1 N–H and O–H groups in total. The molecular formula is C27H30N2O2. The number of carbonyl (C=O) groups is 2. The third-order valence-corrected chi connectivity index (χ3v) is 6.35. The van der Waals surface area contributed by atoms with Gasteiger partial charge in [0.15, 0.2) is 0 Å². The van der Waals surface area contributed by atoms with E-state index in [2.05, 4.69) is 31.0 Å². The highest BCUT2D eigenvalue weighted by Crippen LogP contribution is 2.33. The first-order valence-corrected chi connectivity index (χ1v) is 11.3. The minimum absolute atomic E-state index is 0.00537. The average molecular weight is 415 g/mol. The van der Waals surface area contributed by atoms with Crippen molar-refractivity contribution in [3.8, 4) is 0 Å².